The molecule has 3 aromatic rings. The molecule has 4 nitrogen and oxygen atoms in total. The molecule has 0 saturated carbocycles. The van der Waals surface area contributed by atoms with Crippen LogP contribution in [0, 0.1) is 6.92 Å². The third-order valence-electron chi connectivity index (χ3n) is 3.28. The van der Waals surface area contributed by atoms with Gasteiger partial charge in [0.2, 0.25) is 0 Å². The second kappa shape index (κ2) is 5.48. The number of hydrogen-bond donors (Lipinski definition) is 1. The van der Waals surface area contributed by atoms with Gasteiger partial charge in [-0.1, -0.05) is 29.3 Å². The van der Waals surface area contributed by atoms with Crippen molar-refractivity contribution in [3.63, 3.8) is 0 Å². The Bertz CT molecular complexity index is 901. The molecule has 108 valence electrons. The third kappa shape index (κ3) is 2.61. The highest BCUT2D eigenvalue weighted by atomic mass is 79.9. The first-order valence-corrected chi connectivity index (χ1v) is 7.71. The average molecular weight is 387 g/mol. The second-order valence-corrected chi connectivity index (χ2v) is 6.36. The van der Waals surface area contributed by atoms with Gasteiger partial charge in [0.25, 0.3) is 5.56 Å². The fourth-order valence-corrected chi connectivity index (χ4v) is 2.87. The molecule has 0 saturated heterocycles. The Labute approximate surface area is 138 Å². The van der Waals surface area contributed by atoms with Gasteiger partial charge in [0.1, 0.15) is 0 Å². The standard InChI is InChI=1S/C14H10BrCl2N3O/c1-7-9(4-8-2-3-11(16)12(17)5-8)14(21)20-13(19-7)10(15)6-18-20/h2-3,5-6,18H,4H2,1H3. The molecule has 2 heterocycles. The number of hydrogen-bond acceptors (Lipinski definition) is 2. The van der Waals surface area contributed by atoms with Crippen LogP contribution in [0.3, 0.4) is 0 Å². The molecular formula is C14H10BrCl2N3O. The van der Waals surface area contributed by atoms with Gasteiger partial charge in [-0.05, 0) is 40.5 Å². The van der Waals surface area contributed by atoms with E-state index in [0.29, 0.717) is 33.4 Å². The number of nitrogens with one attached hydrogen (secondary N) is 1. The fraction of sp³-hybridized carbons (Fsp3) is 0.143. The van der Waals surface area contributed by atoms with E-state index in [2.05, 4.69) is 26.0 Å². The van der Waals surface area contributed by atoms with Gasteiger partial charge in [-0.15, -0.1) is 0 Å². The first-order chi connectivity index (χ1) is 9.97. The Morgan fingerprint density at radius 3 is 2.81 bits per heavy atom. The Kier molecular flexibility index (Phi) is 3.82. The number of rotatable bonds is 2. The largest absolute Gasteiger partial charge is 0.296 e. The number of fused-ring (bicyclic) bond motifs is 1. The molecule has 21 heavy (non-hydrogen) atoms. The Balaban J connectivity index is 2.12. The number of nitrogens with zero attached hydrogens (tertiary/aromatic N) is 2. The second-order valence-electron chi connectivity index (χ2n) is 4.69. The van der Waals surface area contributed by atoms with Crippen LogP contribution in [0.1, 0.15) is 16.8 Å². The highest BCUT2D eigenvalue weighted by Gasteiger charge is 2.13. The molecule has 0 unspecified atom stereocenters. The zero-order valence-electron chi connectivity index (χ0n) is 11.0. The first-order valence-electron chi connectivity index (χ1n) is 6.16. The number of aromatic nitrogens is 3. The SMILES string of the molecule is Cc1nc2c(Br)c[nH]n2c(=O)c1Cc1ccc(Cl)c(Cl)c1. The summed E-state index contributed by atoms with van der Waals surface area (Å²) in [5.41, 5.74) is 2.70. The highest BCUT2D eigenvalue weighted by Crippen LogP contribution is 2.24. The summed E-state index contributed by atoms with van der Waals surface area (Å²) >= 11 is 15.3. The quantitative estimate of drug-likeness (QED) is 0.723. The van der Waals surface area contributed by atoms with E-state index in [1.807, 2.05) is 13.0 Å². The normalized spacial score (nSPS) is 11.2. The summed E-state index contributed by atoms with van der Waals surface area (Å²) in [6.45, 7) is 1.83. The van der Waals surface area contributed by atoms with E-state index in [9.17, 15) is 4.79 Å². The summed E-state index contributed by atoms with van der Waals surface area (Å²) in [7, 11) is 0. The molecule has 0 spiro atoms. The molecule has 0 atom stereocenters. The van der Waals surface area contributed by atoms with Crippen molar-refractivity contribution in [3.8, 4) is 0 Å². The van der Waals surface area contributed by atoms with Gasteiger partial charge in [0.05, 0.1) is 14.5 Å². The average Bonchev–Trinajstić information content (AvgIpc) is 2.80. The molecule has 2 aromatic heterocycles. The van der Waals surface area contributed by atoms with Crippen LogP contribution in [0.25, 0.3) is 5.65 Å². The molecule has 7 heteroatoms. The lowest BCUT2D eigenvalue weighted by molar-refractivity contribution is 0.859. The summed E-state index contributed by atoms with van der Waals surface area (Å²) in [5, 5.41) is 3.85. The molecule has 3 rings (SSSR count). The molecule has 1 aromatic carbocycles. The lowest BCUT2D eigenvalue weighted by Gasteiger charge is -2.07. The monoisotopic (exact) mass is 385 g/mol. The maximum atomic E-state index is 12.5. The molecule has 0 radical (unpaired) electrons. The molecule has 0 fully saturated rings. The topological polar surface area (TPSA) is 50.2 Å². The van der Waals surface area contributed by atoms with Crippen LogP contribution < -0.4 is 5.56 Å². The smallest absolute Gasteiger partial charge is 0.276 e. The van der Waals surface area contributed by atoms with Crippen LogP contribution in [0.5, 0.6) is 0 Å². The minimum absolute atomic E-state index is 0.116. The summed E-state index contributed by atoms with van der Waals surface area (Å²) in [6.07, 6.45) is 2.14. The lowest BCUT2D eigenvalue weighted by Crippen LogP contribution is -2.22. The van der Waals surface area contributed by atoms with Crippen LogP contribution in [0.15, 0.2) is 33.7 Å². The summed E-state index contributed by atoms with van der Waals surface area (Å²) < 4.78 is 2.17. The number of aromatic amines is 1. The molecule has 0 bridgehead atoms. The zero-order chi connectivity index (χ0) is 15.1. The predicted molar refractivity (Wildman–Crippen MR) is 87.5 cm³/mol. The Hall–Kier alpha value is -1.30. The van der Waals surface area contributed by atoms with Gasteiger partial charge in [0.15, 0.2) is 5.65 Å². The molecule has 0 aliphatic rings. The Morgan fingerprint density at radius 2 is 2.10 bits per heavy atom. The van der Waals surface area contributed by atoms with Gasteiger partial charge >= 0.3 is 0 Å². The van der Waals surface area contributed by atoms with Crippen molar-refractivity contribution in [2.45, 2.75) is 13.3 Å². The van der Waals surface area contributed by atoms with Crippen molar-refractivity contribution in [2.24, 2.45) is 0 Å². The van der Waals surface area contributed by atoms with E-state index in [1.165, 1.54) is 4.52 Å². The highest BCUT2D eigenvalue weighted by molar-refractivity contribution is 9.10. The maximum absolute atomic E-state index is 12.5. The van der Waals surface area contributed by atoms with Crippen LogP contribution in [0.4, 0.5) is 0 Å². The summed E-state index contributed by atoms with van der Waals surface area (Å²) in [6, 6.07) is 5.35. The number of aryl methyl sites for hydroxylation is 1. The number of benzene rings is 1. The molecular weight excluding hydrogens is 377 g/mol. The lowest BCUT2D eigenvalue weighted by atomic mass is 10.1. The van der Waals surface area contributed by atoms with E-state index in [1.54, 1.807) is 18.3 Å². The van der Waals surface area contributed by atoms with Crippen molar-refractivity contribution < 1.29 is 0 Å². The third-order valence-corrected chi connectivity index (χ3v) is 4.60. The Morgan fingerprint density at radius 1 is 1.33 bits per heavy atom. The minimum atomic E-state index is -0.116. The summed E-state index contributed by atoms with van der Waals surface area (Å²) in [5.74, 6) is 0. The van der Waals surface area contributed by atoms with E-state index in [0.717, 1.165) is 10.0 Å². The van der Waals surface area contributed by atoms with Gasteiger partial charge in [-0.3, -0.25) is 9.89 Å². The van der Waals surface area contributed by atoms with Crippen molar-refractivity contribution >= 4 is 44.8 Å². The van der Waals surface area contributed by atoms with E-state index in [-0.39, 0.29) is 5.56 Å². The van der Waals surface area contributed by atoms with Gasteiger partial charge in [-0.25, -0.2) is 9.50 Å². The number of halogens is 3. The van der Waals surface area contributed by atoms with E-state index >= 15 is 0 Å². The molecule has 1 N–H and O–H groups in total. The van der Waals surface area contributed by atoms with Crippen molar-refractivity contribution in [1.82, 2.24) is 14.6 Å². The minimum Gasteiger partial charge on any atom is -0.296 e. The van der Waals surface area contributed by atoms with Gasteiger partial charge in [-0.2, -0.15) is 0 Å². The van der Waals surface area contributed by atoms with Crippen LogP contribution in [-0.4, -0.2) is 14.6 Å². The number of H-pyrrole nitrogens is 1. The van der Waals surface area contributed by atoms with Crippen molar-refractivity contribution in [1.29, 1.82) is 0 Å². The van der Waals surface area contributed by atoms with Gasteiger partial charge in [0, 0.05) is 23.9 Å². The van der Waals surface area contributed by atoms with Crippen molar-refractivity contribution in [3.05, 3.63) is 66.1 Å². The van der Waals surface area contributed by atoms with Crippen LogP contribution >= 0.6 is 39.1 Å². The van der Waals surface area contributed by atoms with Gasteiger partial charge < -0.3 is 0 Å². The summed E-state index contributed by atoms with van der Waals surface area (Å²) in [4.78, 5) is 17.0. The van der Waals surface area contributed by atoms with Crippen LogP contribution in [0.2, 0.25) is 10.0 Å². The first kappa shape index (κ1) is 14.6. The van der Waals surface area contributed by atoms with E-state index in [4.69, 9.17) is 23.2 Å². The molecule has 0 amide bonds. The zero-order valence-corrected chi connectivity index (χ0v) is 14.1. The fourth-order valence-electron chi connectivity index (χ4n) is 2.19. The molecule has 0 aliphatic heterocycles. The predicted octanol–water partition coefficient (Wildman–Crippen LogP) is 3.99. The maximum Gasteiger partial charge on any atom is 0.276 e. The van der Waals surface area contributed by atoms with Crippen molar-refractivity contribution in [2.75, 3.05) is 0 Å². The van der Waals surface area contributed by atoms with E-state index < -0.39 is 0 Å². The molecule has 0 aliphatic carbocycles. The van der Waals surface area contributed by atoms with Crippen LogP contribution in [-0.2, 0) is 6.42 Å².